The third-order valence-corrected chi connectivity index (χ3v) is 3.82. The van der Waals surface area contributed by atoms with Crippen LogP contribution in [0.2, 0.25) is 0 Å². The molecule has 0 aromatic heterocycles. The molecule has 3 aromatic rings. The number of hydrogen-bond acceptors (Lipinski definition) is 4. The van der Waals surface area contributed by atoms with Gasteiger partial charge in [0, 0.05) is 12.1 Å². The largest absolute Gasteiger partial charge is 0.485 e. The molecule has 0 saturated heterocycles. The highest BCUT2D eigenvalue weighted by molar-refractivity contribution is 5.94. The Balaban J connectivity index is 1.83. The molecule has 3 aromatic carbocycles. The quantitative estimate of drug-likeness (QED) is 0.627. The van der Waals surface area contributed by atoms with Gasteiger partial charge in [-0.3, -0.25) is 0 Å². The van der Waals surface area contributed by atoms with Crippen LogP contribution in [0.5, 0.6) is 11.5 Å². The molecule has 3 N–H and O–H groups in total. The Bertz CT molecular complexity index is 879. The van der Waals surface area contributed by atoms with E-state index in [4.69, 9.17) is 15.2 Å². The molecule has 5 heteroatoms. The molecule has 132 valence electrons. The monoisotopic (exact) mass is 349 g/mol. The van der Waals surface area contributed by atoms with E-state index >= 15 is 0 Å². The first-order chi connectivity index (χ1) is 12.6. The van der Waals surface area contributed by atoms with Gasteiger partial charge in [-0.1, -0.05) is 60.7 Å². The summed E-state index contributed by atoms with van der Waals surface area (Å²) in [6.07, 6.45) is 0. The van der Waals surface area contributed by atoms with E-state index in [1.165, 1.54) is 12.1 Å². The SMILES string of the molecule is Nc1cc(OCc2ccccc2)c(OCc2ccccc2)cc1C(=O)O. The Labute approximate surface area is 151 Å². The van der Waals surface area contributed by atoms with Gasteiger partial charge in [0.25, 0.3) is 0 Å². The topological polar surface area (TPSA) is 81.8 Å². The third-order valence-electron chi connectivity index (χ3n) is 3.82. The van der Waals surface area contributed by atoms with Gasteiger partial charge in [0.1, 0.15) is 13.2 Å². The van der Waals surface area contributed by atoms with Crippen LogP contribution in [0.3, 0.4) is 0 Å². The van der Waals surface area contributed by atoms with Crippen molar-refractivity contribution >= 4 is 11.7 Å². The maximum atomic E-state index is 11.4. The molecule has 0 aliphatic rings. The number of anilines is 1. The maximum absolute atomic E-state index is 11.4. The summed E-state index contributed by atoms with van der Waals surface area (Å²) in [6.45, 7) is 0.625. The van der Waals surface area contributed by atoms with Gasteiger partial charge in [-0.2, -0.15) is 0 Å². The van der Waals surface area contributed by atoms with E-state index in [0.29, 0.717) is 24.7 Å². The minimum Gasteiger partial charge on any atom is -0.485 e. The van der Waals surface area contributed by atoms with Gasteiger partial charge in [0.15, 0.2) is 11.5 Å². The maximum Gasteiger partial charge on any atom is 0.337 e. The first kappa shape index (κ1) is 17.4. The van der Waals surface area contributed by atoms with E-state index < -0.39 is 5.97 Å². The molecular formula is C21H19NO4. The summed E-state index contributed by atoms with van der Waals surface area (Å²) in [5, 5.41) is 9.30. The molecule has 0 saturated carbocycles. The summed E-state index contributed by atoms with van der Waals surface area (Å²) in [6, 6.07) is 22.2. The van der Waals surface area contributed by atoms with Crippen LogP contribution in [0.1, 0.15) is 21.5 Å². The van der Waals surface area contributed by atoms with Crippen LogP contribution in [-0.4, -0.2) is 11.1 Å². The van der Waals surface area contributed by atoms with Crippen LogP contribution in [-0.2, 0) is 13.2 Å². The standard InChI is InChI=1S/C21H19NO4/c22-18-12-20(26-14-16-9-5-2-6-10-16)19(11-17(18)21(23)24)25-13-15-7-3-1-4-8-15/h1-12H,13-14,22H2,(H,23,24). The molecule has 0 aliphatic heterocycles. The fourth-order valence-corrected chi connectivity index (χ4v) is 2.46. The van der Waals surface area contributed by atoms with Crippen molar-refractivity contribution in [1.82, 2.24) is 0 Å². The Kier molecular flexibility index (Phi) is 5.39. The predicted octanol–water partition coefficient (Wildman–Crippen LogP) is 4.13. The highest BCUT2D eigenvalue weighted by atomic mass is 16.5. The van der Waals surface area contributed by atoms with Crippen LogP contribution in [0.4, 0.5) is 5.69 Å². The number of nitrogens with two attached hydrogens (primary N) is 1. The van der Waals surface area contributed by atoms with Gasteiger partial charge in [-0.15, -0.1) is 0 Å². The zero-order chi connectivity index (χ0) is 18.4. The second-order valence-corrected chi connectivity index (χ2v) is 5.74. The minimum atomic E-state index is -1.11. The average Bonchev–Trinajstić information content (AvgIpc) is 2.67. The summed E-state index contributed by atoms with van der Waals surface area (Å²) in [7, 11) is 0. The molecule has 0 bridgehead atoms. The van der Waals surface area contributed by atoms with E-state index in [0.717, 1.165) is 11.1 Å². The van der Waals surface area contributed by atoms with Gasteiger partial charge in [0.05, 0.1) is 11.3 Å². The highest BCUT2D eigenvalue weighted by Crippen LogP contribution is 2.33. The molecule has 3 rings (SSSR count). The molecule has 26 heavy (non-hydrogen) atoms. The molecule has 0 unspecified atom stereocenters. The van der Waals surface area contributed by atoms with Crippen LogP contribution in [0, 0.1) is 0 Å². The lowest BCUT2D eigenvalue weighted by Crippen LogP contribution is -2.06. The van der Waals surface area contributed by atoms with Gasteiger partial charge in [0.2, 0.25) is 0 Å². The summed E-state index contributed by atoms with van der Waals surface area (Å²) in [4.78, 5) is 11.4. The fourth-order valence-electron chi connectivity index (χ4n) is 2.46. The fraction of sp³-hybridized carbons (Fsp3) is 0.0952. The van der Waals surface area contributed by atoms with Gasteiger partial charge in [-0.25, -0.2) is 4.79 Å². The predicted molar refractivity (Wildman–Crippen MR) is 99.4 cm³/mol. The number of carbonyl (C=O) groups is 1. The molecular weight excluding hydrogens is 330 g/mol. The minimum absolute atomic E-state index is 0.0138. The number of rotatable bonds is 7. The van der Waals surface area contributed by atoms with Gasteiger partial charge >= 0.3 is 5.97 Å². The Hall–Kier alpha value is -3.47. The number of ether oxygens (including phenoxy) is 2. The number of carboxylic acids is 1. The average molecular weight is 349 g/mol. The molecule has 0 amide bonds. The summed E-state index contributed by atoms with van der Waals surface area (Å²) in [5.41, 5.74) is 7.93. The van der Waals surface area contributed by atoms with Crippen LogP contribution in [0.25, 0.3) is 0 Å². The number of hydrogen-bond donors (Lipinski definition) is 2. The van der Waals surface area contributed by atoms with Gasteiger partial charge in [-0.05, 0) is 11.1 Å². The van der Waals surface area contributed by atoms with Crippen LogP contribution in [0.15, 0.2) is 72.8 Å². The molecule has 0 spiro atoms. The van der Waals surface area contributed by atoms with Crippen molar-refractivity contribution in [2.75, 3.05) is 5.73 Å². The van der Waals surface area contributed by atoms with E-state index in [1.807, 2.05) is 60.7 Å². The zero-order valence-electron chi connectivity index (χ0n) is 14.1. The normalized spacial score (nSPS) is 10.3. The van der Waals surface area contributed by atoms with Crippen molar-refractivity contribution in [1.29, 1.82) is 0 Å². The molecule has 0 radical (unpaired) electrons. The van der Waals surface area contributed by atoms with Crippen LogP contribution < -0.4 is 15.2 Å². The first-order valence-corrected chi connectivity index (χ1v) is 8.14. The Morgan fingerprint density at radius 1 is 0.808 bits per heavy atom. The summed E-state index contributed by atoms with van der Waals surface area (Å²) < 4.78 is 11.6. The van der Waals surface area contributed by atoms with Crippen molar-refractivity contribution in [3.63, 3.8) is 0 Å². The summed E-state index contributed by atoms with van der Waals surface area (Å²) >= 11 is 0. The Morgan fingerprint density at radius 2 is 1.27 bits per heavy atom. The highest BCUT2D eigenvalue weighted by Gasteiger charge is 2.15. The molecule has 0 heterocycles. The van der Waals surface area contributed by atoms with E-state index in [-0.39, 0.29) is 11.3 Å². The van der Waals surface area contributed by atoms with Crippen molar-refractivity contribution in [2.45, 2.75) is 13.2 Å². The summed E-state index contributed by atoms with van der Waals surface area (Å²) in [5.74, 6) is -0.356. The molecule has 0 aliphatic carbocycles. The lowest BCUT2D eigenvalue weighted by atomic mass is 10.1. The number of aromatic carboxylic acids is 1. The number of nitrogen functional groups attached to an aromatic ring is 1. The van der Waals surface area contributed by atoms with E-state index in [9.17, 15) is 9.90 Å². The van der Waals surface area contributed by atoms with Crippen molar-refractivity contribution < 1.29 is 19.4 Å². The van der Waals surface area contributed by atoms with E-state index in [2.05, 4.69) is 0 Å². The lowest BCUT2D eigenvalue weighted by molar-refractivity contribution is 0.0697. The van der Waals surface area contributed by atoms with Crippen molar-refractivity contribution in [2.24, 2.45) is 0 Å². The zero-order valence-corrected chi connectivity index (χ0v) is 14.1. The van der Waals surface area contributed by atoms with Crippen molar-refractivity contribution in [3.8, 4) is 11.5 Å². The number of carboxylic acid groups (broad SMARTS) is 1. The molecule has 5 nitrogen and oxygen atoms in total. The van der Waals surface area contributed by atoms with Crippen molar-refractivity contribution in [3.05, 3.63) is 89.5 Å². The second-order valence-electron chi connectivity index (χ2n) is 5.74. The number of benzene rings is 3. The Morgan fingerprint density at radius 3 is 1.73 bits per heavy atom. The molecule has 0 atom stereocenters. The smallest absolute Gasteiger partial charge is 0.337 e. The second kappa shape index (κ2) is 8.07. The van der Waals surface area contributed by atoms with Crippen LogP contribution >= 0.6 is 0 Å². The first-order valence-electron chi connectivity index (χ1n) is 8.14. The third kappa shape index (κ3) is 4.33. The van der Waals surface area contributed by atoms with Gasteiger partial charge < -0.3 is 20.3 Å². The van der Waals surface area contributed by atoms with E-state index in [1.54, 1.807) is 0 Å². The lowest BCUT2D eigenvalue weighted by Gasteiger charge is -2.15. The molecule has 0 fully saturated rings.